The van der Waals surface area contributed by atoms with Crippen molar-refractivity contribution in [3.63, 3.8) is 0 Å². The molecule has 2 unspecified atom stereocenters. The molecule has 6 rings (SSSR count). The molecule has 0 spiro atoms. The van der Waals surface area contributed by atoms with Crippen LogP contribution in [0.1, 0.15) is 55.4 Å². The van der Waals surface area contributed by atoms with E-state index in [1.54, 1.807) is 30.3 Å². The lowest BCUT2D eigenvalue weighted by molar-refractivity contribution is -0.222. The number of rotatable bonds is 6. The number of ether oxygens (including phenoxy) is 1. The van der Waals surface area contributed by atoms with Crippen molar-refractivity contribution in [1.82, 2.24) is 20.0 Å². The monoisotopic (exact) mass is 599 g/mol. The second-order valence-corrected chi connectivity index (χ2v) is 12.2. The van der Waals surface area contributed by atoms with Crippen molar-refractivity contribution in [2.75, 3.05) is 19.7 Å². The molecule has 214 valence electrons. The van der Waals surface area contributed by atoms with Crippen molar-refractivity contribution in [3.8, 4) is 0 Å². The number of fused-ring (bicyclic) bond motifs is 3. The quantitative estimate of drug-likeness (QED) is 0.256. The maximum Gasteiger partial charge on any atom is 0.357 e. The third-order valence-corrected chi connectivity index (χ3v) is 7.77. The predicted octanol–water partition coefficient (Wildman–Crippen LogP) is 6.05. The fourth-order valence-corrected chi connectivity index (χ4v) is 6.12. The topological polar surface area (TPSA) is 126 Å². The molecule has 2 aliphatic rings. The normalized spacial score (nSPS) is 19.3. The molecular weight excluding hydrogens is 573 g/mol. The van der Waals surface area contributed by atoms with Crippen molar-refractivity contribution in [3.05, 3.63) is 58.3 Å². The molecule has 0 saturated carbocycles. The minimum Gasteiger partial charge on any atom is -0.461 e. The van der Waals surface area contributed by atoms with Crippen LogP contribution in [0.5, 0.6) is 0 Å². The highest BCUT2D eigenvalue weighted by Gasteiger charge is 2.46. The van der Waals surface area contributed by atoms with Crippen LogP contribution >= 0.6 is 23.4 Å². The zero-order valence-electron chi connectivity index (χ0n) is 22.7. The van der Waals surface area contributed by atoms with Gasteiger partial charge < -0.3 is 19.1 Å². The van der Waals surface area contributed by atoms with Gasteiger partial charge in [-0.3, -0.25) is 14.6 Å². The average Bonchev–Trinajstić information content (AvgIpc) is 3.61. The predicted molar refractivity (Wildman–Crippen MR) is 150 cm³/mol. The number of carbonyl (C=O) groups excluding carboxylic acids is 2. The maximum absolute atomic E-state index is 13.9. The average molecular weight is 600 g/mol. The van der Waals surface area contributed by atoms with Gasteiger partial charge in [0.25, 0.3) is 0 Å². The maximum atomic E-state index is 13.9. The third-order valence-electron chi connectivity index (χ3n) is 6.67. The van der Waals surface area contributed by atoms with Gasteiger partial charge in [0.05, 0.1) is 58.9 Å². The van der Waals surface area contributed by atoms with Crippen LogP contribution < -0.4 is 0 Å². The van der Waals surface area contributed by atoms with E-state index in [1.807, 2.05) is 20.8 Å². The number of aromatic nitrogens is 3. The van der Waals surface area contributed by atoms with Crippen LogP contribution in [0.3, 0.4) is 0 Å². The largest absolute Gasteiger partial charge is 0.461 e. The summed E-state index contributed by atoms with van der Waals surface area (Å²) in [5.41, 5.74) is 2.41. The van der Waals surface area contributed by atoms with Crippen molar-refractivity contribution >= 4 is 57.5 Å². The molecule has 0 aliphatic carbocycles. The Morgan fingerprint density at radius 3 is 2.83 bits per heavy atom. The van der Waals surface area contributed by atoms with E-state index in [-0.39, 0.29) is 36.2 Å². The number of halogens is 2. The number of hydroxylamine groups is 2. The molecule has 1 aromatic carbocycles. The van der Waals surface area contributed by atoms with Crippen molar-refractivity contribution in [1.29, 1.82) is 0 Å². The summed E-state index contributed by atoms with van der Waals surface area (Å²) >= 11 is 7.12. The highest BCUT2D eigenvalue weighted by Crippen LogP contribution is 2.47. The zero-order valence-corrected chi connectivity index (χ0v) is 24.3. The lowest BCUT2D eigenvalue weighted by Gasteiger charge is -2.39. The van der Waals surface area contributed by atoms with Crippen LogP contribution in [0.2, 0.25) is 5.02 Å². The lowest BCUT2D eigenvalue weighted by atomic mass is 9.75. The number of hydrogen-bond donors (Lipinski definition) is 2. The smallest absolute Gasteiger partial charge is 0.357 e. The first-order chi connectivity index (χ1) is 19.5. The zero-order chi connectivity index (χ0) is 29.1. The van der Waals surface area contributed by atoms with E-state index >= 15 is 0 Å². The second kappa shape index (κ2) is 10.4. The Bertz CT molecular complexity index is 1660. The summed E-state index contributed by atoms with van der Waals surface area (Å²) in [5, 5.41) is 2.60. The second-order valence-electron chi connectivity index (χ2n) is 10.8. The molecule has 5 heterocycles. The fraction of sp³-hybridized carbons (Fsp3) is 0.357. The van der Waals surface area contributed by atoms with E-state index in [1.165, 1.54) is 23.9 Å². The Morgan fingerprint density at radius 1 is 1.27 bits per heavy atom. The van der Waals surface area contributed by atoms with Crippen LogP contribution in [-0.2, 0) is 14.4 Å². The summed E-state index contributed by atoms with van der Waals surface area (Å²) in [6, 6.07) is 6.34. The van der Waals surface area contributed by atoms with E-state index in [4.69, 9.17) is 30.6 Å². The van der Waals surface area contributed by atoms with Gasteiger partial charge >= 0.3 is 5.97 Å². The number of Topliss-reactive ketones (excluding diaryl/α,β-unsaturated/α-hetero) is 1. The minimum atomic E-state index is -0.603. The first-order valence-corrected chi connectivity index (χ1v) is 14.2. The number of carbonyl (C=O) groups is 2. The Morgan fingerprint density at radius 2 is 2.07 bits per heavy atom. The molecular formula is C28H27ClFN5O5S. The number of aliphatic imine (C=N–C) groups is 1. The number of nitrogens with zero attached hydrogens (tertiary/aromatic N) is 3. The Labute approximate surface area is 243 Å². The summed E-state index contributed by atoms with van der Waals surface area (Å²) in [7, 11) is 0. The molecule has 0 bridgehead atoms. The summed E-state index contributed by atoms with van der Waals surface area (Å²) < 4.78 is 25.4. The third kappa shape index (κ3) is 5.32. The molecule has 10 nitrogen and oxygen atoms in total. The number of piperidine rings is 1. The van der Waals surface area contributed by atoms with Crippen LogP contribution in [0.25, 0.3) is 11.0 Å². The summed E-state index contributed by atoms with van der Waals surface area (Å²) in [6.07, 6.45) is 1.69. The van der Waals surface area contributed by atoms with Gasteiger partial charge in [0, 0.05) is 23.5 Å². The number of hydrogen-bond acceptors (Lipinski definition) is 9. The van der Waals surface area contributed by atoms with Gasteiger partial charge in [0.15, 0.2) is 21.7 Å². The summed E-state index contributed by atoms with van der Waals surface area (Å²) in [4.78, 5) is 47.7. The highest BCUT2D eigenvalue weighted by atomic mass is 35.5. The van der Waals surface area contributed by atoms with Gasteiger partial charge in [-0.25, -0.2) is 14.2 Å². The molecule has 1 saturated heterocycles. The van der Waals surface area contributed by atoms with Gasteiger partial charge in [0.1, 0.15) is 11.6 Å². The van der Waals surface area contributed by atoms with E-state index in [2.05, 4.69) is 15.0 Å². The van der Waals surface area contributed by atoms with Crippen molar-refractivity contribution in [2.24, 2.45) is 10.9 Å². The molecule has 1 fully saturated rings. The number of aromatic amines is 2. The molecule has 41 heavy (non-hydrogen) atoms. The fourth-order valence-electron chi connectivity index (χ4n) is 5.20. The molecule has 4 aromatic rings. The number of furan rings is 1. The van der Waals surface area contributed by atoms with E-state index in [0.29, 0.717) is 44.0 Å². The number of esters is 1. The van der Waals surface area contributed by atoms with Crippen LogP contribution in [0, 0.1) is 11.7 Å². The SMILES string of the molecule is CCOC(=O)c1[nH]cc2c1N=C1CN(OC(C)(C)C)CC(=O)C1C2c1ccc(Sc2nc3cc(Cl)c(F)cc3[nH]2)o1. The molecule has 2 N–H and O–H groups in total. The van der Waals surface area contributed by atoms with E-state index in [0.717, 1.165) is 0 Å². The van der Waals surface area contributed by atoms with Crippen molar-refractivity contribution < 1.29 is 28.0 Å². The number of H-pyrrole nitrogens is 2. The first-order valence-electron chi connectivity index (χ1n) is 13.1. The van der Waals surface area contributed by atoms with Crippen molar-refractivity contribution in [2.45, 2.75) is 49.5 Å². The standard InChI is InChI=1S/C28H27ClFN5O5S/c1-5-38-26(37)25-24-13(10-31-25)22(23-18(32-24)11-35(12-19(23)36)40-28(2,3)4)20-6-7-21(39-20)41-27-33-16-8-14(29)15(30)9-17(16)34-27/h6-10,22-23,31H,5,11-12H2,1-4H3,(H,33,34). The minimum absolute atomic E-state index is 0.0105. The van der Waals surface area contributed by atoms with Gasteiger partial charge in [-0.05, 0) is 57.7 Å². The van der Waals surface area contributed by atoms with Gasteiger partial charge in [0.2, 0.25) is 0 Å². The number of imidazole rings is 1. The van der Waals surface area contributed by atoms with Gasteiger partial charge in [-0.1, -0.05) is 11.6 Å². The van der Waals surface area contributed by atoms with Crippen LogP contribution in [0.15, 0.2) is 50.1 Å². The molecule has 13 heteroatoms. The summed E-state index contributed by atoms with van der Waals surface area (Å²) in [6.45, 7) is 8.04. The molecule has 0 amide bonds. The van der Waals surface area contributed by atoms with Crippen LogP contribution in [-0.4, -0.2) is 62.8 Å². The Kier molecular flexibility index (Phi) is 7.05. The Balaban J connectivity index is 1.36. The summed E-state index contributed by atoms with van der Waals surface area (Å²) in [5.74, 6) is -1.74. The molecule has 2 aliphatic heterocycles. The first kappa shape index (κ1) is 27.7. The highest BCUT2D eigenvalue weighted by molar-refractivity contribution is 7.99. The van der Waals surface area contributed by atoms with E-state index < -0.39 is 29.2 Å². The lowest BCUT2D eigenvalue weighted by Crippen LogP contribution is -2.52. The number of ketones is 1. The number of benzene rings is 1. The van der Waals surface area contributed by atoms with E-state index in [9.17, 15) is 14.0 Å². The molecule has 3 aromatic heterocycles. The van der Waals surface area contributed by atoms with Gasteiger partial charge in [-0.15, -0.1) is 0 Å². The molecule has 2 atom stereocenters. The number of nitrogens with one attached hydrogen (secondary N) is 2. The van der Waals surface area contributed by atoms with Crippen LogP contribution in [0.4, 0.5) is 10.1 Å². The van der Waals surface area contributed by atoms with Gasteiger partial charge in [-0.2, -0.15) is 5.06 Å². The molecule has 0 radical (unpaired) electrons. The Hall–Kier alpha value is -3.45.